The Morgan fingerprint density at radius 1 is 1.11 bits per heavy atom. The zero-order valence-corrected chi connectivity index (χ0v) is 11.3. The summed E-state index contributed by atoms with van der Waals surface area (Å²) in [6.07, 6.45) is 1.97. The first-order valence-corrected chi connectivity index (χ1v) is 7.06. The number of aromatic nitrogens is 2. The number of rotatable bonds is 1. The van der Waals surface area contributed by atoms with Crippen molar-refractivity contribution in [3.05, 3.63) is 53.7 Å². The Bertz CT molecular complexity index is 886. The fourth-order valence-corrected chi connectivity index (χ4v) is 3.36. The maximum atomic E-state index is 4.67. The molecule has 0 atom stereocenters. The average molecular weight is 264 g/mol. The summed E-state index contributed by atoms with van der Waals surface area (Å²) in [6, 6.07) is 15.0. The second-order valence-corrected chi connectivity index (χ2v) is 5.90. The van der Waals surface area contributed by atoms with Crippen LogP contribution in [0.4, 0.5) is 0 Å². The van der Waals surface area contributed by atoms with Gasteiger partial charge in [-0.2, -0.15) is 0 Å². The summed E-state index contributed by atoms with van der Waals surface area (Å²) >= 11 is 1.75. The number of thiazole rings is 1. The molecule has 0 unspecified atom stereocenters. The van der Waals surface area contributed by atoms with Crippen molar-refractivity contribution < 1.29 is 0 Å². The Balaban J connectivity index is 2.02. The van der Waals surface area contributed by atoms with Crippen LogP contribution < -0.4 is 0 Å². The van der Waals surface area contributed by atoms with Crippen molar-refractivity contribution >= 4 is 32.5 Å². The van der Waals surface area contributed by atoms with Crippen LogP contribution in [0.25, 0.3) is 32.2 Å². The van der Waals surface area contributed by atoms with Crippen LogP contribution in [0.2, 0.25) is 0 Å². The van der Waals surface area contributed by atoms with Crippen molar-refractivity contribution in [1.82, 2.24) is 9.97 Å². The number of nitrogens with zero attached hydrogens (tertiary/aromatic N) is 1. The molecule has 0 spiro atoms. The van der Waals surface area contributed by atoms with Crippen LogP contribution >= 0.6 is 11.3 Å². The lowest BCUT2D eigenvalue weighted by atomic mass is 10.0. The first-order valence-electron chi connectivity index (χ1n) is 6.25. The van der Waals surface area contributed by atoms with E-state index in [0.717, 1.165) is 10.5 Å². The minimum Gasteiger partial charge on any atom is -0.361 e. The smallest absolute Gasteiger partial charge is 0.0908 e. The molecule has 1 N–H and O–H groups in total. The molecule has 4 aromatic rings. The number of hydrogen-bond acceptors (Lipinski definition) is 2. The summed E-state index contributed by atoms with van der Waals surface area (Å²) in [5.41, 5.74) is 4.70. The Morgan fingerprint density at radius 2 is 2.05 bits per heavy atom. The molecule has 0 fully saturated rings. The average Bonchev–Trinajstić information content (AvgIpc) is 3.01. The summed E-state index contributed by atoms with van der Waals surface area (Å²) in [6.45, 7) is 2.06. The van der Waals surface area contributed by atoms with Gasteiger partial charge in [-0.15, -0.1) is 11.3 Å². The van der Waals surface area contributed by atoms with Gasteiger partial charge in [0.25, 0.3) is 0 Å². The van der Waals surface area contributed by atoms with Crippen LogP contribution in [0.15, 0.2) is 48.7 Å². The number of nitrogens with one attached hydrogen (secondary N) is 1. The first-order chi connectivity index (χ1) is 9.31. The third kappa shape index (κ3) is 1.66. The lowest BCUT2D eigenvalue weighted by Gasteiger charge is -2.03. The summed E-state index contributed by atoms with van der Waals surface area (Å²) in [5, 5.41) is 2.36. The number of para-hydroxylation sites is 1. The summed E-state index contributed by atoms with van der Waals surface area (Å²) in [5.74, 6) is 0. The highest BCUT2D eigenvalue weighted by atomic mass is 32.1. The van der Waals surface area contributed by atoms with Gasteiger partial charge in [0.15, 0.2) is 0 Å². The van der Waals surface area contributed by atoms with E-state index in [9.17, 15) is 0 Å². The molecule has 2 aromatic carbocycles. The largest absolute Gasteiger partial charge is 0.361 e. The van der Waals surface area contributed by atoms with Crippen LogP contribution in [0, 0.1) is 6.92 Å². The molecular formula is C16H12N2S. The molecule has 0 aliphatic carbocycles. The number of H-pyrrole nitrogens is 1. The normalized spacial score (nSPS) is 11.4. The van der Waals surface area contributed by atoms with Gasteiger partial charge in [0.2, 0.25) is 0 Å². The zero-order chi connectivity index (χ0) is 12.8. The second kappa shape index (κ2) is 3.93. The topological polar surface area (TPSA) is 28.7 Å². The first kappa shape index (κ1) is 10.8. The molecule has 0 aliphatic rings. The highest BCUT2D eigenvalue weighted by Gasteiger charge is 2.08. The van der Waals surface area contributed by atoms with Crippen molar-refractivity contribution in [3.8, 4) is 11.1 Å². The number of aromatic amines is 1. The van der Waals surface area contributed by atoms with E-state index in [2.05, 4.69) is 59.4 Å². The van der Waals surface area contributed by atoms with Gasteiger partial charge in [-0.1, -0.05) is 24.3 Å². The lowest BCUT2D eigenvalue weighted by Crippen LogP contribution is -1.81. The minimum atomic E-state index is 1.11. The fraction of sp³-hybridized carbons (Fsp3) is 0.0625. The second-order valence-electron chi connectivity index (χ2n) is 4.66. The number of benzene rings is 2. The lowest BCUT2D eigenvalue weighted by molar-refractivity contribution is 1.35. The predicted molar refractivity (Wildman–Crippen MR) is 81.6 cm³/mol. The predicted octanol–water partition coefficient (Wildman–Crippen LogP) is 4.75. The fourth-order valence-electron chi connectivity index (χ4n) is 2.51. The third-order valence-corrected chi connectivity index (χ3v) is 4.33. The SMILES string of the molecule is Cc1nc2c(-c3ccc4cc[nH]c4c3)cccc2s1. The van der Waals surface area contributed by atoms with E-state index < -0.39 is 0 Å². The molecule has 0 saturated heterocycles. The van der Waals surface area contributed by atoms with E-state index >= 15 is 0 Å². The number of fused-ring (bicyclic) bond motifs is 2. The van der Waals surface area contributed by atoms with E-state index in [1.807, 2.05) is 6.20 Å². The third-order valence-electron chi connectivity index (χ3n) is 3.39. The monoisotopic (exact) mass is 264 g/mol. The van der Waals surface area contributed by atoms with Crippen molar-refractivity contribution in [2.75, 3.05) is 0 Å². The van der Waals surface area contributed by atoms with E-state index in [1.165, 1.54) is 26.7 Å². The molecule has 2 aromatic heterocycles. The van der Waals surface area contributed by atoms with Gasteiger partial charge in [-0.05, 0) is 36.1 Å². The molecule has 92 valence electrons. The van der Waals surface area contributed by atoms with Crippen LogP contribution in [0.1, 0.15) is 5.01 Å². The molecule has 0 aliphatic heterocycles. The Hall–Kier alpha value is -2.13. The van der Waals surface area contributed by atoms with Crippen LogP contribution in [-0.2, 0) is 0 Å². The number of hydrogen-bond donors (Lipinski definition) is 1. The van der Waals surface area contributed by atoms with E-state index in [4.69, 9.17) is 0 Å². The van der Waals surface area contributed by atoms with Crippen LogP contribution in [0.5, 0.6) is 0 Å². The Morgan fingerprint density at radius 3 is 3.00 bits per heavy atom. The standard InChI is InChI=1S/C16H12N2S/c1-10-18-16-13(3-2-4-15(16)19-10)12-6-5-11-7-8-17-14(11)9-12/h2-9,17H,1H3. The van der Waals surface area contributed by atoms with Crippen molar-refractivity contribution in [3.63, 3.8) is 0 Å². The van der Waals surface area contributed by atoms with Crippen molar-refractivity contribution in [2.24, 2.45) is 0 Å². The van der Waals surface area contributed by atoms with Gasteiger partial charge in [-0.25, -0.2) is 4.98 Å². The van der Waals surface area contributed by atoms with Gasteiger partial charge >= 0.3 is 0 Å². The van der Waals surface area contributed by atoms with Crippen molar-refractivity contribution in [2.45, 2.75) is 6.92 Å². The molecule has 0 amide bonds. The molecule has 2 heterocycles. The van der Waals surface area contributed by atoms with Crippen molar-refractivity contribution in [1.29, 1.82) is 0 Å². The molecule has 2 nitrogen and oxygen atoms in total. The zero-order valence-electron chi connectivity index (χ0n) is 10.5. The van der Waals surface area contributed by atoms with E-state index in [-0.39, 0.29) is 0 Å². The highest BCUT2D eigenvalue weighted by molar-refractivity contribution is 7.18. The van der Waals surface area contributed by atoms with Gasteiger partial charge < -0.3 is 4.98 Å². The Kier molecular flexibility index (Phi) is 2.23. The molecule has 19 heavy (non-hydrogen) atoms. The quantitative estimate of drug-likeness (QED) is 0.528. The minimum absolute atomic E-state index is 1.11. The molecule has 0 saturated carbocycles. The highest BCUT2D eigenvalue weighted by Crippen LogP contribution is 2.32. The van der Waals surface area contributed by atoms with Gasteiger partial charge in [-0.3, -0.25) is 0 Å². The maximum absolute atomic E-state index is 4.67. The molecule has 0 radical (unpaired) electrons. The van der Waals surface area contributed by atoms with Gasteiger partial charge in [0, 0.05) is 17.3 Å². The molecule has 4 rings (SSSR count). The maximum Gasteiger partial charge on any atom is 0.0908 e. The summed E-state index contributed by atoms with van der Waals surface area (Å²) in [4.78, 5) is 7.93. The Labute approximate surface area is 114 Å². The van der Waals surface area contributed by atoms with Gasteiger partial charge in [0.05, 0.1) is 15.2 Å². The van der Waals surface area contributed by atoms with E-state index in [1.54, 1.807) is 11.3 Å². The summed E-state index contributed by atoms with van der Waals surface area (Å²) < 4.78 is 1.25. The van der Waals surface area contributed by atoms with E-state index in [0.29, 0.717) is 0 Å². The van der Waals surface area contributed by atoms with Gasteiger partial charge in [0.1, 0.15) is 0 Å². The summed E-state index contributed by atoms with van der Waals surface area (Å²) in [7, 11) is 0. The van der Waals surface area contributed by atoms with Crippen LogP contribution in [-0.4, -0.2) is 9.97 Å². The molecular weight excluding hydrogens is 252 g/mol. The molecule has 3 heteroatoms. The number of aryl methyl sites for hydroxylation is 1. The van der Waals surface area contributed by atoms with Crippen LogP contribution in [0.3, 0.4) is 0 Å². The molecule has 0 bridgehead atoms.